The molecule has 4 rings (SSSR count). The fraction of sp³-hybridized carbons (Fsp3) is 0.316. The maximum atomic E-state index is 12.8. The molecular formula is C19H19N3O2. The molecular weight excluding hydrogens is 302 g/mol. The van der Waals surface area contributed by atoms with E-state index in [1.54, 1.807) is 12.3 Å². The monoisotopic (exact) mass is 321 g/mol. The van der Waals surface area contributed by atoms with Crippen molar-refractivity contribution >= 4 is 23.1 Å². The van der Waals surface area contributed by atoms with Crippen molar-refractivity contribution in [3.8, 4) is 0 Å². The minimum atomic E-state index is -0.536. The highest BCUT2D eigenvalue weighted by Gasteiger charge is 2.49. The molecule has 1 spiro atoms. The molecule has 122 valence electrons. The van der Waals surface area contributed by atoms with Gasteiger partial charge in [-0.3, -0.25) is 0 Å². The number of benzene rings is 1. The van der Waals surface area contributed by atoms with Crippen LogP contribution in [-0.2, 0) is 9.53 Å². The fourth-order valence-electron chi connectivity index (χ4n) is 3.84. The Morgan fingerprint density at radius 2 is 1.79 bits per heavy atom. The van der Waals surface area contributed by atoms with Crippen molar-refractivity contribution < 1.29 is 9.53 Å². The third-order valence-corrected chi connectivity index (χ3v) is 4.85. The molecule has 1 aromatic carbocycles. The minimum absolute atomic E-state index is 0.157. The molecule has 0 saturated heterocycles. The number of hydrogen-bond donors (Lipinski definition) is 1. The summed E-state index contributed by atoms with van der Waals surface area (Å²) in [6, 6.07) is 11.7. The molecule has 1 aromatic heterocycles. The maximum Gasteiger partial charge on any atom is 0.341 e. The van der Waals surface area contributed by atoms with Gasteiger partial charge in [0.05, 0.1) is 11.3 Å². The lowest BCUT2D eigenvalue weighted by molar-refractivity contribution is -0.146. The number of anilines is 1. The molecule has 2 heterocycles. The lowest BCUT2D eigenvalue weighted by atomic mass is 9.76. The lowest BCUT2D eigenvalue weighted by Crippen LogP contribution is -2.33. The molecule has 0 unspecified atom stereocenters. The van der Waals surface area contributed by atoms with Gasteiger partial charge in [-0.05, 0) is 37.3 Å². The predicted octanol–water partition coefficient (Wildman–Crippen LogP) is 3.23. The van der Waals surface area contributed by atoms with Crippen LogP contribution >= 0.6 is 0 Å². The number of rotatable bonds is 2. The van der Waals surface area contributed by atoms with Gasteiger partial charge in [0.1, 0.15) is 5.60 Å². The number of nitrogens with two attached hydrogens (primary N) is 1. The second-order valence-electron chi connectivity index (χ2n) is 6.36. The Labute approximate surface area is 140 Å². The Balaban J connectivity index is 1.96. The summed E-state index contributed by atoms with van der Waals surface area (Å²) >= 11 is 0. The third-order valence-electron chi connectivity index (χ3n) is 4.85. The van der Waals surface area contributed by atoms with Crippen LogP contribution in [0.5, 0.6) is 0 Å². The summed E-state index contributed by atoms with van der Waals surface area (Å²) in [5, 5.41) is 0. The van der Waals surface area contributed by atoms with Crippen LogP contribution in [0, 0.1) is 0 Å². The van der Waals surface area contributed by atoms with Crippen molar-refractivity contribution in [3.05, 3.63) is 53.9 Å². The van der Waals surface area contributed by atoms with Gasteiger partial charge in [-0.15, -0.1) is 0 Å². The Morgan fingerprint density at radius 3 is 2.50 bits per heavy atom. The van der Waals surface area contributed by atoms with E-state index in [1.807, 2.05) is 30.3 Å². The zero-order valence-corrected chi connectivity index (χ0v) is 13.4. The van der Waals surface area contributed by atoms with Gasteiger partial charge in [0.2, 0.25) is 5.95 Å². The highest BCUT2D eigenvalue weighted by molar-refractivity contribution is 6.28. The van der Waals surface area contributed by atoms with Crippen LogP contribution < -0.4 is 5.73 Å². The van der Waals surface area contributed by atoms with E-state index in [9.17, 15) is 4.79 Å². The Hall–Kier alpha value is -2.69. The average molecular weight is 321 g/mol. The van der Waals surface area contributed by atoms with E-state index in [4.69, 9.17) is 10.5 Å². The summed E-state index contributed by atoms with van der Waals surface area (Å²) in [5.74, 6) is -0.154. The Kier molecular flexibility index (Phi) is 3.56. The number of carbonyl (C=O) groups is 1. The number of ether oxygens (including phenoxy) is 1. The first-order chi connectivity index (χ1) is 11.7. The summed E-state index contributed by atoms with van der Waals surface area (Å²) < 4.78 is 5.95. The van der Waals surface area contributed by atoms with Crippen LogP contribution in [0.3, 0.4) is 0 Å². The Morgan fingerprint density at radius 1 is 1.04 bits per heavy atom. The van der Waals surface area contributed by atoms with Gasteiger partial charge in [0.15, 0.2) is 0 Å². The Bertz CT molecular complexity index is 808. The van der Waals surface area contributed by atoms with E-state index in [0.29, 0.717) is 11.3 Å². The van der Waals surface area contributed by atoms with E-state index in [2.05, 4.69) is 9.97 Å². The maximum absolute atomic E-state index is 12.8. The SMILES string of the molecule is Nc1nccc(C2=C(c3ccccc3)C3(CCCCC3)OC2=O)n1. The molecule has 2 aliphatic rings. The van der Waals surface area contributed by atoms with E-state index in [-0.39, 0.29) is 11.9 Å². The van der Waals surface area contributed by atoms with Crippen molar-refractivity contribution in [2.75, 3.05) is 5.73 Å². The summed E-state index contributed by atoms with van der Waals surface area (Å²) in [5.41, 5.74) is 8.22. The standard InChI is InChI=1S/C19H19N3O2/c20-18-21-12-9-14(22-18)15-16(13-7-3-1-4-8-13)19(24-17(15)23)10-5-2-6-11-19/h1,3-4,7-9,12H,2,5-6,10-11H2,(H2,20,21,22). The normalized spacial score (nSPS) is 19.6. The third kappa shape index (κ3) is 2.37. The van der Waals surface area contributed by atoms with Crippen LogP contribution in [0.2, 0.25) is 0 Å². The van der Waals surface area contributed by atoms with Gasteiger partial charge < -0.3 is 10.5 Å². The number of carbonyl (C=O) groups excluding carboxylic acids is 1. The molecule has 0 radical (unpaired) electrons. The molecule has 1 fully saturated rings. The summed E-state index contributed by atoms with van der Waals surface area (Å²) in [7, 11) is 0. The molecule has 0 amide bonds. The zero-order chi connectivity index (χ0) is 16.6. The van der Waals surface area contributed by atoms with E-state index < -0.39 is 5.60 Å². The summed E-state index contributed by atoms with van der Waals surface area (Å²) in [4.78, 5) is 21.0. The molecule has 1 aliphatic heterocycles. The van der Waals surface area contributed by atoms with Crippen LogP contribution in [-0.4, -0.2) is 21.5 Å². The quantitative estimate of drug-likeness (QED) is 0.859. The van der Waals surface area contributed by atoms with Crippen LogP contribution in [0.1, 0.15) is 43.4 Å². The van der Waals surface area contributed by atoms with Crippen molar-refractivity contribution in [1.82, 2.24) is 9.97 Å². The molecule has 5 heteroatoms. The molecule has 0 bridgehead atoms. The van der Waals surface area contributed by atoms with E-state index in [1.165, 1.54) is 6.42 Å². The number of hydrogen-bond acceptors (Lipinski definition) is 5. The van der Waals surface area contributed by atoms with Crippen molar-refractivity contribution in [2.45, 2.75) is 37.7 Å². The van der Waals surface area contributed by atoms with Crippen LogP contribution in [0.25, 0.3) is 11.1 Å². The van der Waals surface area contributed by atoms with Crippen LogP contribution in [0.15, 0.2) is 42.6 Å². The van der Waals surface area contributed by atoms with E-state index >= 15 is 0 Å². The number of nitrogens with zero attached hydrogens (tertiary/aromatic N) is 2. The van der Waals surface area contributed by atoms with Crippen LogP contribution in [0.4, 0.5) is 5.95 Å². The fourth-order valence-corrected chi connectivity index (χ4v) is 3.84. The van der Waals surface area contributed by atoms with Gasteiger partial charge in [0.25, 0.3) is 0 Å². The molecule has 1 aliphatic carbocycles. The predicted molar refractivity (Wildman–Crippen MR) is 91.6 cm³/mol. The first kappa shape index (κ1) is 14.9. The van der Waals surface area contributed by atoms with Crippen molar-refractivity contribution in [2.24, 2.45) is 0 Å². The van der Waals surface area contributed by atoms with E-state index in [0.717, 1.165) is 36.8 Å². The minimum Gasteiger partial charge on any atom is -0.450 e. The second-order valence-corrected chi connectivity index (χ2v) is 6.36. The van der Waals surface area contributed by atoms with Gasteiger partial charge >= 0.3 is 5.97 Å². The van der Waals surface area contributed by atoms with Gasteiger partial charge in [-0.1, -0.05) is 36.8 Å². The smallest absolute Gasteiger partial charge is 0.341 e. The molecule has 0 atom stereocenters. The zero-order valence-electron chi connectivity index (χ0n) is 13.4. The van der Waals surface area contributed by atoms with Gasteiger partial charge in [0, 0.05) is 11.8 Å². The summed E-state index contributed by atoms with van der Waals surface area (Å²) in [6.07, 6.45) is 6.58. The highest BCUT2D eigenvalue weighted by Crippen LogP contribution is 2.50. The first-order valence-electron chi connectivity index (χ1n) is 8.32. The molecule has 24 heavy (non-hydrogen) atoms. The van der Waals surface area contributed by atoms with Gasteiger partial charge in [-0.25, -0.2) is 14.8 Å². The second kappa shape index (κ2) is 5.74. The number of nitrogen functional groups attached to an aromatic ring is 1. The van der Waals surface area contributed by atoms with Gasteiger partial charge in [-0.2, -0.15) is 0 Å². The molecule has 5 nitrogen and oxygen atoms in total. The first-order valence-corrected chi connectivity index (χ1v) is 8.32. The largest absolute Gasteiger partial charge is 0.450 e. The molecule has 2 aromatic rings. The average Bonchev–Trinajstić information content (AvgIpc) is 2.88. The number of esters is 1. The highest BCUT2D eigenvalue weighted by atomic mass is 16.6. The van der Waals surface area contributed by atoms with Crippen molar-refractivity contribution in [1.29, 1.82) is 0 Å². The summed E-state index contributed by atoms with van der Waals surface area (Å²) in [6.45, 7) is 0. The topological polar surface area (TPSA) is 78.1 Å². The molecule has 1 saturated carbocycles. The lowest BCUT2D eigenvalue weighted by Gasteiger charge is -2.34. The molecule has 2 N–H and O–H groups in total. The van der Waals surface area contributed by atoms with Crippen molar-refractivity contribution in [3.63, 3.8) is 0 Å². The number of aromatic nitrogens is 2.